The van der Waals surface area contributed by atoms with Crippen LogP contribution in [0.3, 0.4) is 0 Å². The van der Waals surface area contributed by atoms with Gasteiger partial charge in [0.1, 0.15) is 0 Å². The third-order valence-corrected chi connectivity index (χ3v) is 5.25. The maximum Gasteiger partial charge on any atom is 0.416 e. The summed E-state index contributed by atoms with van der Waals surface area (Å²) in [6.07, 6.45) is -2.36. The zero-order valence-electron chi connectivity index (χ0n) is 16.7. The Kier molecular flexibility index (Phi) is 7.34. The van der Waals surface area contributed by atoms with E-state index < -0.39 is 42.0 Å². The summed E-state index contributed by atoms with van der Waals surface area (Å²) in [6.45, 7) is 0.00295. The second kappa shape index (κ2) is 9.99. The molecule has 0 atom stereocenters. The molecule has 11 heteroatoms. The van der Waals surface area contributed by atoms with Crippen molar-refractivity contribution in [3.05, 3.63) is 58.9 Å². The molecule has 0 unspecified atom stereocenters. The Morgan fingerprint density at radius 3 is 2.38 bits per heavy atom. The SMILES string of the molecule is O=C(COC(=O)C1CCN(C(=O)c2ccc(C(F)(F)F)cc2)CC1)Nc1cccnc1Cl. The lowest BCUT2D eigenvalue weighted by molar-refractivity contribution is -0.152. The standard InChI is InChI=1S/C21H19ClF3N3O4/c22-18-16(2-1-9-26-18)27-17(29)12-32-20(31)14-7-10-28(11-8-14)19(30)13-3-5-15(6-4-13)21(23,24)25/h1-6,9,14H,7-8,10-12H2,(H,27,29). The molecule has 1 fully saturated rings. The van der Waals surface area contributed by atoms with Gasteiger partial charge >= 0.3 is 12.1 Å². The number of nitrogens with zero attached hydrogens (tertiary/aromatic N) is 2. The molecule has 1 N–H and O–H groups in total. The molecule has 1 aromatic heterocycles. The molecule has 32 heavy (non-hydrogen) atoms. The van der Waals surface area contributed by atoms with E-state index in [2.05, 4.69) is 10.3 Å². The van der Waals surface area contributed by atoms with E-state index in [4.69, 9.17) is 16.3 Å². The first-order valence-electron chi connectivity index (χ1n) is 9.68. The van der Waals surface area contributed by atoms with Crippen molar-refractivity contribution in [2.75, 3.05) is 25.0 Å². The largest absolute Gasteiger partial charge is 0.455 e. The number of ether oxygens (including phenoxy) is 1. The summed E-state index contributed by atoms with van der Waals surface area (Å²) < 4.78 is 43.0. The fraction of sp³-hybridized carbons (Fsp3) is 0.333. The third-order valence-electron chi connectivity index (χ3n) is 4.95. The molecule has 2 amide bonds. The van der Waals surface area contributed by atoms with Crippen LogP contribution in [0.2, 0.25) is 5.15 Å². The zero-order chi connectivity index (χ0) is 23.3. The third kappa shape index (κ3) is 5.97. The fourth-order valence-corrected chi connectivity index (χ4v) is 3.39. The lowest BCUT2D eigenvalue weighted by Crippen LogP contribution is -2.41. The summed E-state index contributed by atoms with van der Waals surface area (Å²) in [4.78, 5) is 42.0. The van der Waals surface area contributed by atoms with Crippen LogP contribution in [0.15, 0.2) is 42.6 Å². The Morgan fingerprint density at radius 2 is 1.78 bits per heavy atom. The molecule has 0 saturated carbocycles. The second-order valence-corrected chi connectivity index (χ2v) is 7.50. The number of anilines is 1. The molecule has 3 rings (SSSR count). The van der Waals surface area contributed by atoms with Crippen molar-refractivity contribution in [2.45, 2.75) is 19.0 Å². The summed E-state index contributed by atoms with van der Waals surface area (Å²) in [5, 5.41) is 2.60. The van der Waals surface area contributed by atoms with Crippen LogP contribution >= 0.6 is 11.6 Å². The van der Waals surface area contributed by atoms with E-state index in [1.807, 2.05) is 0 Å². The van der Waals surface area contributed by atoms with Crippen molar-refractivity contribution < 1.29 is 32.3 Å². The first-order valence-corrected chi connectivity index (χ1v) is 10.1. The topological polar surface area (TPSA) is 88.6 Å². The number of alkyl halides is 3. The smallest absolute Gasteiger partial charge is 0.416 e. The number of piperidine rings is 1. The number of hydrogen-bond acceptors (Lipinski definition) is 5. The van der Waals surface area contributed by atoms with Crippen LogP contribution in [0.1, 0.15) is 28.8 Å². The monoisotopic (exact) mass is 469 g/mol. The average molecular weight is 470 g/mol. The molecule has 1 aliphatic rings. The van der Waals surface area contributed by atoms with Crippen LogP contribution in [0.5, 0.6) is 0 Å². The number of pyridine rings is 1. The number of likely N-dealkylation sites (tertiary alicyclic amines) is 1. The number of carbonyl (C=O) groups is 3. The molecule has 0 radical (unpaired) electrons. The van der Waals surface area contributed by atoms with Gasteiger partial charge in [-0.2, -0.15) is 13.2 Å². The van der Waals surface area contributed by atoms with E-state index in [1.54, 1.807) is 12.1 Å². The van der Waals surface area contributed by atoms with Gasteiger partial charge in [-0.15, -0.1) is 0 Å². The van der Waals surface area contributed by atoms with Crippen LogP contribution in [0.4, 0.5) is 18.9 Å². The Bertz CT molecular complexity index is 991. The highest BCUT2D eigenvalue weighted by Crippen LogP contribution is 2.29. The first-order chi connectivity index (χ1) is 15.1. The molecule has 1 aromatic carbocycles. The van der Waals surface area contributed by atoms with Gasteiger partial charge in [0.15, 0.2) is 11.8 Å². The summed E-state index contributed by atoms with van der Waals surface area (Å²) >= 11 is 5.85. The van der Waals surface area contributed by atoms with E-state index in [-0.39, 0.29) is 23.8 Å². The minimum Gasteiger partial charge on any atom is -0.455 e. The maximum atomic E-state index is 12.7. The molecular weight excluding hydrogens is 451 g/mol. The molecule has 1 saturated heterocycles. The van der Waals surface area contributed by atoms with Crippen molar-refractivity contribution in [1.82, 2.24) is 9.88 Å². The van der Waals surface area contributed by atoms with Crippen LogP contribution in [0, 0.1) is 5.92 Å². The van der Waals surface area contributed by atoms with Crippen molar-refractivity contribution in [1.29, 1.82) is 0 Å². The van der Waals surface area contributed by atoms with Gasteiger partial charge in [0.05, 0.1) is 17.2 Å². The summed E-state index contributed by atoms with van der Waals surface area (Å²) in [5.41, 5.74) is -0.389. The molecule has 0 bridgehead atoms. The number of hydrogen-bond donors (Lipinski definition) is 1. The van der Waals surface area contributed by atoms with Crippen molar-refractivity contribution >= 4 is 35.1 Å². The number of aromatic nitrogens is 1. The van der Waals surface area contributed by atoms with Crippen LogP contribution < -0.4 is 5.32 Å². The molecular formula is C21H19ClF3N3O4. The van der Waals surface area contributed by atoms with E-state index >= 15 is 0 Å². The van der Waals surface area contributed by atoms with Crippen molar-refractivity contribution in [2.24, 2.45) is 5.92 Å². The minimum absolute atomic E-state index is 0.109. The molecule has 7 nitrogen and oxygen atoms in total. The number of rotatable bonds is 5. The molecule has 170 valence electrons. The van der Waals surface area contributed by atoms with Crippen molar-refractivity contribution in [3.63, 3.8) is 0 Å². The van der Waals surface area contributed by atoms with E-state index in [9.17, 15) is 27.6 Å². The molecule has 2 aromatic rings. The Morgan fingerprint density at radius 1 is 1.12 bits per heavy atom. The Labute approximate surface area is 186 Å². The van der Waals surface area contributed by atoms with Crippen molar-refractivity contribution in [3.8, 4) is 0 Å². The number of amides is 2. The van der Waals surface area contributed by atoms with Crippen LogP contribution in [-0.2, 0) is 20.5 Å². The number of nitrogens with one attached hydrogen (secondary N) is 1. The predicted molar refractivity (Wildman–Crippen MR) is 109 cm³/mol. The highest BCUT2D eigenvalue weighted by molar-refractivity contribution is 6.32. The summed E-state index contributed by atoms with van der Waals surface area (Å²) in [7, 11) is 0. The zero-order valence-corrected chi connectivity index (χ0v) is 17.4. The van der Waals surface area contributed by atoms with Gasteiger partial charge in [0.25, 0.3) is 11.8 Å². The summed E-state index contributed by atoms with van der Waals surface area (Å²) in [5.74, 6) is -2.01. The molecule has 0 aliphatic carbocycles. The summed E-state index contributed by atoms with van der Waals surface area (Å²) in [6, 6.07) is 7.14. The number of benzene rings is 1. The van der Waals surface area contributed by atoms with Gasteiger partial charge in [-0.1, -0.05) is 11.6 Å². The van der Waals surface area contributed by atoms with Crippen LogP contribution in [-0.4, -0.2) is 47.4 Å². The average Bonchev–Trinajstić information content (AvgIpc) is 2.78. The van der Waals surface area contributed by atoms with Gasteiger partial charge in [-0.05, 0) is 49.2 Å². The molecule has 1 aliphatic heterocycles. The lowest BCUT2D eigenvalue weighted by Gasteiger charge is -2.31. The quantitative estimate of drug-likeness (QED) is 0.531. The maximum absolute atomic E-state index is 12.7. The first kappa shape index (κ1) is 23.5. The van der Waals surface area contributed by atoms with Gasteiger partial charge in [0.2, 0.25) is 0 Å². The van der Waals surface area contributed by atoms with E-state index in [0.29, 0.717) is 18.5 Å². The van der Waals surface area contributed by atoms with Crippen LogP contribution in [0.25, 0.3) is 0 Å². The van der Waals surface area contributed by atoms with E-state index in [0.717, 1.165) is 24.3 Å². The predicted octanol–water partition coefficient (Wildman–Crippen LogP) is 3.79. The Balaban J connectivity index is 1.45. The number of carbonyl (C=O) groups excluding carboxylic acids is 3. The van der Waals surface area contributed by atoms with Gasteiger partial charge in [-0.25, -0.2) is 4.98 Å². The fourth-order valence-electron chi connectivity index (χ4n) is 3.22. The van der Waals surface area contributed by atoms with E-state index in [1.165, 1.54) is 11.1 Å². The molecule has 2 heterocycles. The minimum atomic E-state index is -4.47. The highest BCUT2D eigenvalue weighted by Gasteiger charge is 2.32. The Hall–Kier alpha value is -3.14. The molecule has 0 spiro atoms. The second-order valence-electron chi connectivity index (χ2n) is 7.14. The number of esters is 1. The lowest BCUT2D eigenvalue weighted by atomic mass is 9.96. The van der Waals surface area contributed by atoms with Gasteiger partial charge in [0, 0.05) is 24.8 Å². The number of halogens is 4. The van der Waals surface area contributed by atoms with Gasteiger partial charge in [-0.3, -0.25) is 14.4 Å². The highest BCUT2D eigenvalue weighted by atomic mass is 35.5. The van der Waals surface area contributed by atoms with Gasteiger partial charge < -0.3 is 15.0 Å². The normalized spacial score (nSPS) is 14.7.